The summed E-state index contributed by atoms with van der Waals surface area (Å²) in [7, 11) is 0. The lowest BCUT2D eigenvalue weighted by Gasteiger charge is -2.08. The van der Waals surface area contributed by atoms with E-state index in [0.717, 1.165) is 29.0 Å². The van der Waals surface area contributed by atoms with Crippen molar-refractivity contribution in [3.8, 4) is 0 Å². The van der Waals surface area contributed by atoms with Crippen LogP contribution in [0.5, 0.6) is 0 Å². The van der Waals surface area contributed by atoms with E-state index < -0.39 is 11.7 Å². The number of anilines is 1. The van der Waals surface area contributed by atoms with Gasteiger partial charge < -0.3 is 10.3 Å². The Labute approximate surface area is 118 Å². The van der Waals surface area contributed by atoms with Gasteiger partial charge in [0.1, 0.15) is 5.82 Å². The Morgan fingerprint density at radius 3 is 2.38 bits per heavy atom. The van der Waals surface area contributed by atoms with Crippen molar-refractivity contribution in [2.75, 3.05) is 5.32 Å². The van der Waals surface area contributed by atoms with Crippen LogP contribution in [-0.4, -0.2) is 9.97 Å². The molecule has 3 nitrogen and oxygen atoms in total. The van der Waals surface area contributed by atoms with Crippen molar-refractivity contribution in [1.82, 2.24) is 9.97 Å². The number of fused-ring (bicyclic) bond motifs is 1. The van der Waals surface area contributed by atoms with Crippen molar-refractivity contribution >= 4 is 16.7 Å². The number of nitrogens with one attached hydrogen (secondary N) is 2. The standard InChI is InChI=1S/C15H12F3N3/c16-15(17,18)10-5-7-11(8-6-10)19-9-14-20-12-3-1-2-4-13(12)21-14/h1-8,19H,9H2,(H,20,21). The molecule has 21 heavy (non-hydrogen) atoms. The number of H-pyrrole nitrogens is 1. The molecule has 3 aromatic rings. The number of aromatic amines is 1. The monoisotopic (exact) mass is 291 g/mol. The van der Waals surface area contributed by atoms with Crippen molar-refractivity contribution in [2.24, 2.45) is 0 Å². The quantitative estimate of drug-likeness (QED) is 0.759. The Morgan fingerprint density at radius 2 is 1.71 bits per heavy atom. The highest BCUT2D eigenvalue weighted by Gasteiger charge is 2.29. The third-order valence-electron chi connectivity index (χ3n) is 3.11. The van der Waals surface area contributed by atoms with E-state index in [4.69, 9.17) is 0 Å². The van der Waals surface area contributed by atoms with Crippen LogP contribution in [0, 0.1) is 0 Å². The highest BCUT2D eigenvalue weighted by molar-refractivity contribution is 5.74. The van der Waals surface area contributed by atoms with Gasteiger partial charge in [0.05, 0.1) is 23.1 Å². The summed E-state index contributed by atoms with van der Waals surface area (Å²) in [6.45, 7) is 0.417. The third-order valence-corrected chi connectivity index (χ3v) is 3.11. The zero-order valence-electron chi connectivity index (χ0n) is 10.9. The van der Waals surface area contributed by atoms with Gasteiger partial charge in [-0.25, -0.2) is 4.98 Å². The van der Waals surface area contributed by atoms with E-state index in [1.807, 2.05) is 24.3 Å². The highest BCUT2D eigenvalue weighted by atomic mass is 19.4. The van der Waals surface area contributed by atoms with E-state index >= 15 is 0 Å². The van der Waals surface area contributed by atoms with Crippen molar-refractivity contribution in [3.05, 3.63) is 59.9 Å². The molecule has 0 saturated heterocycles. The Hall–Kier alpha value is -2.50. The first-order valence-electron chi connectivity index (χ1n) is 6.37. The van der Waals surface area contributed by atoms with Crippen LogP contribution in [0.2, 0.25) is 0 Å². The number of rotatable bonds is 3. The number of para-hydroxylation sites is 2. The molecule has 0 bridgehead atoms. The summed E-state index contributed by atoms with van der Waals surface area (Å²) in [6.07, 6.45) is -4.31. The number of hydrogen-bond donors (Lipinski definition) is 2. The summed E-state index contributed by atoms with van der Waals surface area (Å²) in [5.74, 6) is 0.732. The molecule has 0 aliphatic heterocycles. The minimum Gasteiger partial charge on any atom is -0.378 e. The number of halogens is 3. The normalized spacial score (nSPS) is 11.8. The maximum atomic E-state index is 12.5. The first kappa shape index (κ1) is 13.5. The van der Waals surface area contributed by atoms with Crippen LogP contribution >= 0.6 is 0 Å². The van der Waals surface area contributed by atoms with Crippen LogP contribution in [0.15, 0.2) is 48.5 Å². The second-order valence-corrected chi connectivity index (χ2v) is 4.63. The molecule has 3 rings (SSSR count). The molecule has 6 heteroatoms. The summed E-state index contributed by atoms with van der Waals surface area (Å²) in [4.78, 5) is 7.53. The minimum absolute atomic E-state index is 0.417. The largest absolute Gasteiger partial charge is 0.416 e. The lowest BCUT2D eigenvalue weighted by atomic mass is 10.2. The topological polar surface area (TPSA) is 40.7 Å². The number of nitrogens with zero attached hydrogens (tertiary/aromatic N) is 1. The van der Waals surface area contributed by atoms with E-state index in [9.17, 15) is 13.2 Å². The molecule has 0 radical (unpaired) electrons. The number of benzene rings is 2. The average molecular weight is 291 g/mol. The van der Waals surface area contributed by atoms with Crippen LogP contribution in [-0.2, 0) is 12.7 Å². The molecular formula is C15H12F3N3. The molecular weight excluding hydrogens is 279 g/mol. The van der Waals surface area contributed by atoms with Crippen molar-refractivity contribution in [3.63, 3.8) is 0 Å². The molecule has 1 aromatic heterocycles. The Balaban J connectivity index is 1.69. The van der Waals surface area contributed by atoms with Crippen molar-refractivity contribution in [2.45, 2.75) is 12.7 Å². The Bertz CT molecular complexity index is 712. The molecule has 108 valence electrons. The number of aromatic nitrogens is 2. The van der Waals surface area contributed by atoms with E-state index in [2.05, 4.69) is 15.3 Å². The molecule has 0 aliphatic rings. The van der Waals surface area contributed by atoms with E-state index in [1.54, 1.807) is 0 Å². The molecule has 0 atom stereocenters. The van der Waals surface area contributed by atoms with Crippen molar-refractivity contribution < 1.29 is 13.2 Å². The number of imidazole rings is 1. The molecule has 0 fully saturated rings. The number of alkyl halides is 3. The fourth-order valence-corrected chi connectivity index (χ4v) is 2.05. The molecule has 0 unspecified atom stereocenters. The average Bonchev–Trinajstić information content (AvgIpc) is 2.87. The fourth-order valence-electron chi connectivity index (χ4n) is 2.05. The zero-order valence-corrected chi connectivity index (χ0v) is 10.9. The summed E-state index contributed by atoms with van der Waals surface area (Å²) in [6, 6.07) is 12.6. The first-order chi connectivity index (χ1) is 10.0. The zero-order chi connectivity index (χ0) is 14.9. The summed E-state index contributed by atoms with van der Waals surface area (Å²) in [5, 5.41) is 3.04. The predicted octanol–water partition coefficient (Wildman–Crippen LogP) is 4.19. The summed E-state index contributed by atoms with van der Waals surface area (Å²) < 4.78 is 37.4. The maximum absolute atomic E-state index is 12.5. The van der Waals surface area contributed by atoms with Gasteiger partial charge >= 0.3 is 6.18 Å². The second-order valence-electron chi connectivity index (χ2n) is 4.63. The highest BCUT2D eigenvalue weighted by Crippen LogP contribution is 2.29. The van der Waals surface area contributed by atoms with Gasteiger partial charge in [-0.1, -0.05) is 12.1 Å². The smallest absolute Gasteiger partial charge is 0.378 e. The van der Waals surface area contributed by atoms with Gasteiger partial charge in [-0.15, -0.1) is 0 Å². The fraction of sp³-hybridized carbons (Fsp3) is 0.133. The SMILES string of the molecule is FC(F)(F)c1ccc(NCc2nc3ccccc3[nH]2)cc1. The molecule has 0 spiro atoms. The van der Waals surface area contributed by atoms with E-state index in [-0.39, 0.29) is 0 Å². The molecule has 0 aliphatic carbocycles. The van der Waals surface area contributed by atoms with Gasteiger partial charge in [0, 0.05) is 5.69 Å². The lowest BCUT2D eigenvalue weighted by molar-refractivity contribution is -0.137. The Kier molecular flexibility index (Phi) is 3.29. The van der Waals surface area contributed by atoms with Gasteiger partial charge in [-0.3, -0.25) is 0 Å². The predicted molar refractivity (Wildman–Crippen MR) is 74.9 cm³/mol. The van der Waals surface area contributed by atoms with Crippen LogP contribution < -0.4 is 5.32 Å². The van der Waals surface area contributed by atoms with Crippen LogP contribution in [0.3, 0.4) is 0 Å². The van der Waals surface area contributed by atoms with Gasteiger partial charge in [0.15, 0.2) is 0 Å². The second kappa shape index (κ2) is 5.12. The molecule has 2 aromatic carbocycles. The van der Waals surface area contributed by atoms with Crippen LogP contribution in [0.4, 0.5) is 18.9 Å². The van der Waals surface area contributed by atoms with Crippen LogP contribution in [0.25, 0.3) is 11.0 Å². The van der Waals surface area contributed by atoms with Crippen LogP contribution in [0.1, 0.15) is 11.4 Å². The first-order valence-corrected chi connectivity index (χ1v) is 6.37. The molecule has 0 amide bonds. The number of hydrogen-bond acceptors (Lipinski definition) is 2. The van der Waals surface area contributed by atoms with Gasteiger partial charge in [-0.05, 0) is 36.4 Å². The minimum atomic E-state index is -4.31. The van der Waals surface area contributed by atoms with E-state index in [0.29, 0.717) is 12.2 Å². The lowest BCUT2D eigenvalue weighted by Crippen LogP contribution is -2.05. The Morgan fingerprint density at radius 1 is 1.00 bits per heavy atom. The van der Waals surface area contributed by atoms with Crippen molar-refractivity contribution in [1.29, 1.82) is 0 Å². The summed E-state index contributed by atoms with van der Waals surface area (Å²) >= 11 is 0. The third kappa shape index (κ3) is 2.99. The van der Waals surface area contributed by atoms with E-state index in [1.165, 1.54) is 12.1 Å². The molecule has 1 heterocycles. The molecule has 2 N–H and O–H groups in total. The molecule has 0 saturated carbocycles. The van der Waals surface area contributed by atoms with Gasteiger partial charge in [-0.2, -0.15) is 13.2 Å². The van der Waals surface area contributed by atoms with Gasteiger partial charge in [0.25, 0.3) is 0 Å². The summed E-state index contributed by atoms with van der Waals surface area (Å²) in [5.41, 5.74) is 1.75. The maximum Gasteiger partial charge on any atom is 0.416 e. The van der Waals surface area contributed by atoms with Gasteiger partial charge in [0.2, 0.25) is 0 Å².